The molecule has 33 heavy (non-hydrogen) atoms. The summed E-state index contributed by atoms with van der Waals surface area (Å²) >= 11 is 1.65. The van der Waals surface area contributed by atoms with Crippen molar-refractivity contribution in [1.29, 1.82) is 0 Å². The standard InChI is InChI=1S/C27H26N2O3S/c1-31-25-9-7-20(14-26(25)32-18-21-5-3-2-4-6-21)8-10-27(30)29-16-22-13-24(17-28-15-22)23-11-12-33-19-23/h2-7,9,11-15,17,19H,8,10,16,18H2,1H3,(H,29,30). The normalized spacial score (nSPS) is 10.6. The van der Waals surface area contributed by atoms with Gasteiger partial charge in [0.2, 0.25) is 5.91 Å². The van der Waals surface area contributed by atoms with Gasteiger partial charge in [-0.05, 0) is 63.7 Å². The van der Waals surface area contributed by atoms with Crippen LogP contribution in [0.3, 0.4) is 0 Å². The summed E-state index contributed by atoms with van der Waals surface area (Å²) in [6, 6.07) is 19.9. The molecular formula is C27H26N2O3S. The Hall–Kier alpha value is -3.64. The van der Waals surface area contributed by atoms with Gasteiger partial charge in [0.05, 0.1) is 7.11 Å². The quantitative estimate of drug-likeness (QED) is 0.334. The van der Waals surface area contributed by atoms with Crippen LogP contribution in [-0.2, 0) is 24.4 Å². The maximum absolute atomic E-state index is 12.4. The fourth-order valence-corrected chi connectivity index (χ4v) is 4.11. The second kappa shape index (κ2) is 11.3. The lowest BCUT2D eigenvalue weighted by molar-refractivity contribution is -0.121. The summed E-state index contributed by atoms with van der Waals surface area (Å²) < 4.78 is 11.4. The molecule has 4 rings (SSSR count). The van der Waals surface area contributed by atoms with Gasteiger partial charge in [-0.15, -0.1) is 0 Å². The van der Waals surface area contributed by atoms with Gasteiger partial charge < -0.3 is 14.8 Å². The fourth-order valence-electron chi connectivity index (χ4n) is 3.44. The predicted molar refractivity (Wildman–Crippen MR) is 131 cm³/mol. The molecule has 0 aliphatic rings. The number of nitrogens with zero attached hydrogens (tertiary/aromatic N) is 1. The van der Waals surface area contributed by atoms with Crippen LogP contribution >= 0.6 is 11.3 Å². The summed E-state index contributed by atoms with van der Waals surface area (Å²) in [5.74, 6) is 1.35. The molecule has 2 heterocycles. The zero-order valence-electron chi connectivity index (χ0n) is 18.5. The van der Waals surface area contributed by atoms with E-state index in [-0.39, 0.29) is 5.91 Å². The zero-order chi connectivity index (χ0) is 22.9. The van der Waals surface area contributed by atoms with Crippen LogP contribution in [-0.4, -0.2) is 18.0 Å². The third kappa shape index (κ3) is 6.43. The molecule has 0 aliphatic carbocycles. The number of rotatable bonds is 10. The molecule has 0 unspecified atom stereocenters. The number of carbonyl (C=O) groups excluding carboxylic acids is 1. The maximum Gasteiger partial charge on any atom is 0.220 e. The van der Waals surface area contributed by atoms with Gasteiger partial charge in [0.15, 0.2) is 11.5 Å². The van der Waals surface area contributed by atoms with Crippen LogP contribution in [0.2, 0.25) is 0 Å². The largest absolute Gasteiger partial charge is 0.493 e. The van der Waals surface area contributed by atoms with Crippen molar-refractivity contribution in [1.82, 2.24) is 10.3 Å². The van der Waals surface area contributed by atoms with Crippen LogP contribution < -0.4 is 14.8 Å². The molecule has 2 aromatic heterocycles. The molecule has 0 radical (unpaired) electrons. The SMILES string of the molecule is COc1ccc(CCC(=O)NCc2cncc(-c3ccsc3)c2)cc1OCc1ccccc1. The van der Waals surface area contributed by atoms with Crippen molar-refractivity contribution in [2.24, 2.45) is 0 Å². The summed E-state index contributed by atoms with van der Waals surface area (Å²) in [6.45, 7) is 0.914. The highest BCUT2D eigenvalue weighted by Gasteiger charge is 2.09. The zero-order valence-corrected chi connectivity index (χ0v) is 19.3. The first-order valence-corrected chi connectivity index (χ1v) is 11.7. The number of thiophene rings is 1. The number of methoxy groups -OCH3 is 1. The van der Waals surface area contributed by atoms with Gasteiger partial charge in [0.25, 0.3) is 0 Å². The monoisotopic (exact) mass is 458 g/mol. The van der Waals surface area contributed by atoms with Crippen molar-refractivity contribution in [2.45, 2.75) is 26.0 Å². The number of hydrogen-bond donors (Lipinski definition) is 1. The topological polar surface area (TPSA) is 60.5 Å². The van der Waals surface area contributed by atoms with Crippen molar-refractivity contribution >= 4 is 17.2 Å². The molecule has 0 spiro atoms. The van der Waals surface area contributed by atoms with E-state index in [1.54, 1.807) is 24.6 Å². The number of benzene rings is 2. The average Bonchev–Trinajstić information content (AvgIpc) is 3.41. The van der Waals surface area contributed by atoms with E-state index in [0.717, 1.165) is 27.8 Å². The number of amides is 1. The van der Waals surface area contributed by atoms with E-state index in [4.69, 9.17) is 9.47 Å². The third-order valence-electron chi connectivity index (χ3n) is 5.25. The molecule has 0 atom stereocenters. The summed E-state index contributed by atoms with van der Waals surface area (Å²) in [5.41, 5.74) is 5.29. The van der Waals surface area contributed by atoms with Crippen LogP contribution in [0.5, 0.6) is 11.5 Å². The number of hydrogen-bond acceptors (Lipinski definition) is 5. The Morgan fingerprint density at radius 2 is 1.82 bits per heavy atom. The number of aromatic nitrogens is 1. The van der Waals surface area contributed by atoms with Gasteiger partial charge in [-0.2, -0.15) is 11.3 Å². The molecular weight excluding hydrogens is 432 g/mol. The summed E-state index contributed by atoms with van der Waals surface area (Å²) in [4.78, 5) is 16.7. The Bertz CT molecular complexity index is 1180. The lowest BCUT2D eigenvalue weighted by Gasteiger charge is -2.13. The van der Waals surface area contributed by atoms with Crippen LogP contribution in [0.25, 0.3) is 11.1 Å². The second-order valence-electron chi connectivity index (χ2n) is 7.63. The van der Waals surface area contributed by atoms with Gasteiger partial charge in [0, 0.05) is 30.9 Å². The Balaban J connectivity index is 1.30. The van der Waals surface area contributed by atoms with E-state index in [1.807, 2.05) is 60.1 Å². The van der Waals surface area contributed by atoms with E-state index < -0.39 is 0 Å². The molecule has 0 saturated heterocycles. The van der Waals surface area contributed by atoms with Crippen LogP contribution in [0.1, 0.15) is 23.1 Å². The van der Waals surface area contributed by atoms with Crippen molar-refractivity contribution < 1.29 is 14.3 Å². The highest BCUT2D eigenvalue weighted by atomic mass is 32.1. The Morgan fingerprint density at radius 3 is 2.61 bits per heavy atom. The molecule has 4 aromatic rings. The number of nitrogens with one attached hydrogen (secondary N) is 1. The van der Waals surface area contributed by atoms with Crippen molar-refractivity contribution in [2.75, 3.05) is 7.11 Å². The summed E-state index contributed by atoms with van der Waals surface area (Å²) in [6.07, 6.45) is 4.64. The minimum atomic E-state index is -0.00138. The van der Waals surface area contributed by atoms with E-state index in [0.29, 0.717) is 37.5 Å². The van der Waals surface area contributed by atoms with Gasteiger partial charge in [-0.1, -0.05) is 36.4 Å². The van der Waals surface area contributed by atoms with Crippen molar-refractivity contribution in [3.63, 3.8) is 0 Å². The lowest BCUT2D eigenvalue weighted by atomic mass is 10.1. The van der Waals surface area contributed by atoms with Crippen molar-refractivity contribution in [3.05, 3.63) is 101 Å². The molecule has 168 valence electrons. The molecule has 0 fully saturated rings. The molecule has 0 bridgehead atoms. The van der Waals surface area contributed by atoms with Gasteiger partial charge in [-0.3, -0.25) is 9.78 Å². The van der Waals surface area contributed by atoms with E-state index in [2.05, 4.69) is 27.8 Å². The van der Waals surface area contributed by atoms with Gasteiger partial charge in [0.1, 0.15) is 6.61 Å². The second-order valence-corrected chi connectivity index (χ2v) is 8.41. The highest BCUT2D eigenvalue weighted by molar-refractivity contribution is 7.08. The first kappa shape index (κ1) is 22.6. The molecule has 0 aliphatic heterocycles. The van der Waals surface area contributed by atoms with Crippen LogP contribution in [0.15, 0.2) is 83.8 Å². The maximum atomic E-state index is 12.4. The van der Waals surface area contributed by atoms with Gasteiger partial charge in [-0.25, -0.2) is 0 Å². The Kier molecular flexibility index (Phi) is 7.72. The number of pyridine rings is 1. The summed E-state index contributed by atoms with van der Waals surface area (Å²) in [5, 5.41) is 7.13. The smallest absolute Gasteiger partial charge is 0.220 e. The minimum absolute atomic E-state index is 0.00138. The molecule has 6 heteroatoms. The molecule has 2 aromatic carbocycles. The predicted octanol–water partition coefficient (Wildman–Crippen LogP) is 5.65. The number of ether oxygens (including phenoxy) is 2. The number of carbonyl (C=O) groups is 1. The number of aryl methyl sites for hydroxylation is 1. The van der Waals surface area contributed by atoms with Crippen LogP contribution in [0.4, 0.5) is 0 Å². The Morgan fingerprint density at radius 1 is 0.939 bits per heavy atom. The molecule has 0 saturated carbocycles. The van der Waals surface area contributed by atoms with E-state index >= 15 is 0 Å². The van der Waals surface area contributed by atoms with E-state index in [9.17, 15) is 4.79 Å². The highest BCUT2D eigenvalue weighted by Crippen LogP contribution is 2.29. The van der Waals surface area contributed by atoms with Gasteiger partial charge >= 0.3 is 0 Å². The first-order chi connectivity index (χ1) is 16.2. The average molecular weight is 459 g/mol. The van der Waals surface area contributed by atoms with Crippen LogP contribution in [0, 0.1) is 0 Å². The van der Waals surface area contributed by atoms with Crippen molar-refractivity contribution in [3.8, 4) is 22.6 Å². The van der Waals surface area contributed by atoms with E-state index in [1.165, 1.54) is 0 Å². The third-order valence-corrected chi connectivity index (χ3v) is 5.93. The minimum Gasteiger partial charge on any atom is -0.493 e. The molecule has 1 N–H and O–H groups in total. The summed E-state index contributed by atoms with van der Waals surface area (Å²) in [7, 11) is 1.63. The lowest BCUT2D eigenvalue weighted by Crippen LogP contribution is -2.23. The Labute approximate surface area is 198 Å². The first-order valence-electron chi connectivity index (χ1n) is 10.8. The molecule has 5 nitrogen and oxygen atoms in total. The fraction of sp³-hybridized carbons (Fsp3) is 0.185. The molecule has 1 amide bonds.